The summed E-state index contributed by atoms with van der Waals surface area (Å²) in [4.78, 5) is 0. The van der Waals surface area contributed by atoms with Gasteiger partial charge in [-0.25, -0.2) is 8.78 Å². The molecule has 0 radical (unpaired) electrons. The maximum atomic E-state index is 14.5. The van der Waals surface area contributed by atoms with Gasteiger partial charge >= 0.3 is 8.32 Å². The van der Waals surface area contributed by atoms with Gasteiger partial charge in [0.15, 0.2) is 5.82 Å². The van der Waals surface area contributed by atoms with Gasteiger partial charge in [-0.05, 0) is 27.5 Å². The molecule has 3 aromatic rings. The number of rotatable bonds is 4. The SMILES string of the molecule is CC(C)(C)[Si](Oc1ccc(F)cc1F)(c1ccccc1)c1ccccc1. The van der Waals surface area contributed by atoms with Crippen LogP contribution < -0.4 is 14.8 Å². The van der Waals surface area contributed by atoms with E-state index >= 15 is 0 Å². The van der Waals surface area contributed by atoms with Gasteiger partial charge in [0.1, 0.15) is 11.6 Å². The maximum absolute atomic E-state index is 14.5. The van der Waals surface area contributed by atoms with E-state index in [2.05, 4.69) is 20.8 Å². The van der Waals surface area contributed by atoms with Crippen molar-refractivity contribution in [3.05, 3.63) is 90.5 Å². The van der Waals surface area contributed by atoms with Crippen LogP contribution in [0.5, 0.6) is 5.75 Å². The van der Waals surface area contributed by atoms with Gasteiger partial charge in [-0.3, -0.25) is 0 Å². The van der Waals surface area contributed by atoms with Crippen molar-refractivity contribution in [1.29, 1.82) is 0 Å². The average Bonchev–Trinajstić information content (AvgIpc) is 2.62. The average molecular weight is 368 g/mol. The van der Waals surface area contributed by atoms with Crippen LogP contribution in [0.3, 0.4) is 0 Å². The molecule has 0 saturated heterocycles. The van der Waals surface area contributed by atoms with Crippen molar-refractivity contribution in [2.24, 2.45) is 0 Å². The van der Waals surface area contributed by atoms with E-state index in [0.29, 0.717) is 0 Å². The Kier molecular flexibility index (Phi) is 4.96. The van der Waals surface area contributed by atoms with Gasteiger partial charge in [-0.15, -0.1) is 0 Å². The summed E-state index contributed by atoms with van der Waals surface area (Å²) in [5.74, 6) is -1.21. The van der Waals surface area contributed by atoms with Crippen molar-refractivity contribution >= 4 is 18.7 Å². The van der Waals surface area contributed by atoms with Crippen LogP contribution >= 0.6 is 0 Å². The third-order valence-electron chi connectivity index (χ3n) is 4.57. The number of hydrogen-bond donors (Lipinski definition) is 0. The van der Waals surface area contributed by atoms with Crippen molar-refractivity contribution < 1.29 is 13.2 Å². The minimum atomic E-state index is -2.90. The monoisotopic (exact) mass is 368 g/mol. The van der Waals surface area contributed by atoms with Crippen molar-refractivity contribution in [2.45, 2.75) is 25.8 Å². The first-order valence-electron chi connectivity index (χ1n) is 8.60. The van der Waals surface area contributed by atoms with E-state index in [1.165, 1.54) is 12.1 Å². The van der Waals surface area contributed by atoms with Gasteiger partial charge in [0.2, 0.25) is 0 Å². The standard InChI is InChI=1S/C22H22F2OSi/c1-22(2,3)26(18-10-6-4-7-11-18,19-12-8-5-9-13-19)25-21-15-14-17(23)16-20(21)24/h4-16H,1-3H3. The maximum Gasteiger partial charge on any atom is 0.320 e. The highest BCUT2D eigenvalue weighted by atomic mass is 28.4. The van der Waals surface area contributed by atoms with Crippen LogP contribution in [0.1, 0.15) is 20.8 Å². The van der Waals surface area contributed by atoms with Gasteiger partial charge in [-0.2, -0.15) is 0 Å². The molecule has 1 nitrogen and oxygen atoms in total. The Hall–Kier alpha value is -2.46. The first kappa shape index (κ1) is 18.3. The van der Waals surface area contributed by atoms with Gasteiger partial charge in [0, 0.05) is 6.07 Å². The van der Waals surface area contributed by atoms with E-state index in [1.54, 1.807) is 0 Å². The van der Waals surface area contributed by atoms with Gasteiger partial charge in [0.05, 0.1) is 0 Å². The second kappa shape index (κ2) is 7.04. The minimum absolute atomic E-state index is 0.0840. The number of hydrogen-bond acceptors (Lipinski definition) is 1. The molecule has 0 spiro atoms. The molecular weight excluding hydrogens is 346 g/mol. The highest BCUT2D eigenvalue weighted by Crippen LogP contribution is 2.38. The third-order valence-corrected chi connectivity index (χ3v) is 9.51. The predicted molar refractivity (Wildman–Crippen MR) is 105 cm³/mol. The van der Waals surface area contributed by atoms with Crippen LogP contribution in [0.2, 0.25) is 5.04 Å². The molecule has 0 heterocycles. The lowest BCUT2D eigenvalue weighted by molar-refractivity contribution is 0.463. The molecule has 0 unspecified atom stereocenters. The molecule has 0 atom stereocenters. The Bertz CT molecular complexity index is 834. The molecule has 3 aromatic carbocycles. The summed E-state index contributed by atoms with van der Waals surface area (Å²) >= 11 is 0. The molecule has 0 aromatic heterocycles. The Balaban J connectivity index is 2.27. The molecule has 3 rings (SSSR count). The largest absolute Gasteiger partial charge is 0.532 e. The van der Waals surface area contributed by atoms with E-state index in [4.69, 9.17) is 4.43 Å². The van der Waals surface area contributed by atoms with Crippen LogP contribution in [0.25, 0.3) is 0 Å². The van der Waals surface area contributed by atoms with E-state index in [-0.39, 0.29) is 10.8 Å². The van der Waals surface area contributed by atoms with Crippen LogP contribution in [-0.4, -0.2) is 8.32 Å². The normalized spacial score (nSPS) is 12.0. The summed E-state index contributed by atoms with van der Waals surface area (Å²) in [5.41, 5.74) is 0. The van der Waals surface area contributed by atoms with Crippen LogP contribution in [0.15, 0.2) is 78.9 Å². The molecule has 0 amide bonds. The first-order valence-corrected chi connectivity index (χ1v) is 10.5. The molecule has 0 bridgehead atoms. The lowest BCUT2D eigenvalue weighted by atomic mass is 10.2. The summed E-state index contributed by atoms with van der Waals surface area (Å²) in [6.45, 7) is 6.34. The minimum Gasteiger partial charge on any atom is -0.532 e. The Morgan fingerprint density at radius 3 is 1.65 bits per heavy atom. The molecule has 134 valence electrons. The molecule has 0 aliphatic rings. The summed E-state index contributed by atoms with van der Waals surface area (Å²) in [6.07, 6.45) is 0. The predicted octanol–water partition coefficient (Wildman–Crippen LogP) is 4.90. The Morgan fingerprint density at radius 1 is 0.731 bits per heavy atom. The molecule has 0 aliphatic heterocycles. The molecule has 0 fully saturated rings. The summed E-state index contributed by atoms with van der Waals surface area (Å²) in [5, 5.41) is 1.81. The molecule has 0 N–H and O–H groups in total. The zero-order chi connectivity index (χ0) is 18.8. The smallest absolute Gasteiger partial charge is 0.320 e. The van der Waals surface area contributed by atoms with Crippen molar-refractivity contribution in [1.82, 2.24) is 0 Å². The number of halogens is 2. The number of benzene rings is 3. The summed E-state index contributed by atoms with van der Waals surface area (Å²) in [6, 6.07) is 23.4. The van der Waals surface area contributed by atoms with Crippen molar-refractivity contribution in [2.75, 3.05) is 0 Å². The Morgan fingerprint density at radius 2 is 1.23 bits per heavy atom. The van der Waals surface area contributed by atoms with Crippen LogP contribution in [-0.2, 0) is 0 Å². The summed E-state index contributed by atoms with van der Waals surface area (Å²) < 4.78 is 34.4. The van der Waals surface area contributed by atoms with Crippen molar-refractivity contribution in [3.8, 4) is 5.75 Å². The molecular formula is C22H22F2OSi. The third kappa shape index (κ3) is 3.29. The second-order valence-electron chi connectivity index (χ2n) is 7.34. The Labute approximate surface area is 154 Å². The quantitative estimate of drug-likeness (QED) is 0.595. The zero-order valence-corrected chi connectivity index (χ0v) is 16.2. The second-order valence-corrected chi connectivity index (χ2v) is 11.6. The highest BCUT2D eigenvalue weighted by molar-refractivity contribution is 7.00. The van der Waals surface area contributed by atoms with Crippen molar-refractivity contribution in [3.63, 3.8) is 0 Å². The van der Waals surface area contributed by atoms with Gasteiger partial charge in [-0.1, -0.05) is 81.4 Å². The fourth-order valence-corrected chi connectivity index (χ4v) is 7.80. The van der Waals surface area contributed by atoms with Gasteiger partial charge < -0.3 is 4.43 Å². The highest BCUT2D eigenvalue weighted by Gasteiger charge is 2.52. The van der Waals surface area contributed by atoms with E-state index < -0.39 is 20.0 Å². The molecule has 4 heteroatoms. The molecule has 26 heavy (non-hydrogen) atoms. The van der Waals surface area contributed by atoms with E-state index in [0.717, 1.165) is 16.4 Å². The summed E-state index contributed by atoms with van der Waals surface area (Å²) in [7, 11) is -2.90. The fraction of sp³-hybridized carbons (Fsp3) is 0.182. The molecule has 0 saturated carbocycles. The van der Waals surface area contributed by atoms with E-state index in [9.17, 15) is 8.78 Å². The van der Waals surface area contributed by atoms with Crippen LogP contribution in [0, 0.1) is 11.6 Å². The topological polar surface area (TPSA) is 9.23 Å². The van der Waals surface area contributed by atoms with Crippen LogP contribution in [0.4, 0.5) is 8.78 Å². The fourth-order valence-electron chi connectivity index (χ4n) is 3.37. The first-order chi connectivity index (χ1) is 12.3. The molecule has 0 aliphatic carbocycles. The lowest BCUT2D eigenvalue weighted by Crippen LogP contribution is -2.68. The van der Waals surface area contributed by atoms with Gasteiger partial charge in [0.25, 0.3) is 0 Å². The van der Waals surface area contributed by atoms with E-state index in [1.807, 2.05) is 60.7 Å². The lowest BCUT2D eigenvalue weighted by Gasteiger charge is -2.43. The zero-order valence-electron chi connectivity index (χ0n) is 15.2.